The van der Waals surface area contributed by atoms with Crippen molar-refractivity contribution in [2.75, 3.05) is 14.2 Å². The summed E-state index contributed by atoms with van der Waals surface area (Å²) < 4.78 is 25.2. The van der Waals surface area contributed by atoms with Crippen LogP contribution in [0.15, 0.2) is 54.7 Å². The molecule has 0 unspecified atom stereocenters. The molecule has 3 rings (SSSR count). The largest absolute Gasteiger partial charge is 0.497 e. The van der Waals surface area contributed by atoms with Crippen molar-refractivity contribution in [3.8, 4) is 17.2 Å². The first kappa shape index (κ1) is 18.4. The minimum absolute atomic E-state index is 0.178. The Morgan fingerprint density at radius 3 is 2.30 bits per heavy atom. The predicted molar refractivity (Wildman–Crippen MR) is 101 cm³/mol. The fourth-order valence-corrected chi connectivity index (χ4v) is 2.68. The van der Waals surface area contributed by atoms with E-state index in [1.807, 2.05) is 0 Å². The molecule has 0 saturated carbocycles. The van der Waals surface area contributed by atoms with Crippen molar-refractivity contribution in [1.29, 1.82) is 0 Å². The second kappa shape index (κ2) is 7.86. The molecule has 0 saturated heterocycles. The second-order valence-corrected chi connectivity index (χ2v) is 5.88. The van der Waals surface area contributed by atoms with E-state index in [1.165, 1.54) is 24.4 Å². The highest BCUT2D eigenvalue weighted by molar-refractivity contribution is 6.07. The maximum atomic E-state index is 13.1. The zero-order chi connectivity index (χ0) is 19.4. The fraction of sp³-hybridized carbons (Fsp3) is 0.143. The van der Waals surface area contributed by atoms with Crippen molar-refractivity contribution >= 4 is 11.9 Å². The van der Waals surface area contributed by atoms with Gasteiger partial charge in [-0.1, -0.05) is 6.08 Å². The number of carbonyl (C=O) groups is 1. The zero-order valence-electron chi connectivity index (χ0n) is 15.3. The van der Waals surface area contributed by atoms with E-state index >= 15 is 0 Å². The van der Waals surface area contributed by atoms with E-state index in [9.17, 15) is 9.18 Å². The number of carbonyl (C=O) groups excluding carboxylic acids is 1. The molecule has 3 aromatic rings. The topological polar surface area (TPSA) is 53.3 Å². The van der Waals surface area contributed by atoms with Gasteiger partial charge in [0.25, 0.3) is 0 Å². The molecule has 1 heterocycles. The molecule has 1 aromatic heterocycles. The smallest absolute Gasteiger partial charge is 0.189 e. The van der Waals surface area contributed by atoms with Crippen LogP contribution in [0, 0.1) is 12.7 Å². The van der Waals surface area contributed by atoms with Crippen molar-refractivity contribution in [2.24, 2.45) is 0 Å². The van der Waals surface area contributed by atoms with Crippen LogP contribution in [0.25, 0.3) is 11.8 Å². The average molecular weight is 366 g/mol. The molecule has 0 aliphatic heterocycles. The van der Waals surface area contributed by atoms with Crippen LogP contribution in [0.1, 0.15) is 21.6 Å². The molecule has 0 atom stereocenters. The lowest BCUT2D eigenvalue weighted by Gasteiger charge is -2.06. The highest BCUT2D eigenvalue weighted by Gasteiger charge is 2.13. The Morgan fingerprint density at radius 2 is 1.70 bits per heavy atom. The van der Waals surface area contributed by atoms with Gasteiger partial charge < -0.3 is 9.47 Å². The van der Waals surface area contributed by atoms with Crippen LogP contribution in [-0.4, -0.2) is 29.8 Å². The van der Waals surface area contributed by atoms with Crippen molar-refractivity contribution in [1.82, 2.24) is 9.78 Å². The SMILES string of the molecule is COc1cc(/C=C/C(=O)c2cnn(-c3ccc(F)cc3)c2C)cc(OC)c1. The molecule has 6 heteroatoms. The molecule has 138 valence electrons. The number of halogens is 1. The minimum Gasteiger partial charge on any atom is -0.497 e. The van der Waals surface area contributed by atoms with E-state index in [4.69, 9.17) is 9.47 Å². The average Bonchev–Trinajstić information content (AvgIpc) is 3.07. The molecule has 0 N–H and O–H groups in total. The summed E-state index contributed by atoms with van der Waals surface area (Å²) >= 11 is 0. The Labute approximate surface area is 156 Å². The van der Waals surface area contributed by atoms with Gasteiger partial charge >= 0.3 is 0 Å². The number of methoxy groups -OCH3 is 2. The van der Waals surface area contributed by atoms with Gasteiger partial charge in [-0.3, -0.25) is 4.79 Å². The second-order valence-electron chi connectivity index (χ2n) is 5.88. The highest BCUT2D eigenvalue weighted by Crippen LogP contribution is 2.23. The van der Waals surface area contributed by atoms with Gasteiger partial charge in [-0.15, -0.1) is 0 Å². The minimum atomic E-state index is -0.323. The highest BCUT2D eigenvalue weighted by atomic mass is 19.1. The van der Waals surface area contributed by atoms with Crippen LogP contribution < -0.4 is 9.47 Å². The van der Waals surface area contributed by atoms with E-state index < -0.39 is 0 Å². The Balaban J connectivity index is 1.85. The lowest BCUT2D eigenvalue weighted by molar-refractivity contribution is 0.104. The number of ketones is 1. The van der Waals surface area contributed by atoms with Gasteiger partial charge in [0.2, 0.25) is 0 Å². The van der Waals surface area contributed by atoms with Gasteiger partial charge in [0, 0.05) is 6.07 Å². The third-order valence-corrected chi connectivity index (χ3v) is 4.15. The van der Waals surface area contributed by atoms with E-state index in [0.29, 0.717) is 28.4 Å². The summed E-state index contributed by atoms with van der Waals surface area (Å²) in [6.07, 6.45) is 4.69. The van der Waals surface area contributed by atoms with Crippen molar-refractivity contribution in [2.45, 2.75) is 6.92 Å². The van der Waals surface area contributed by atoms with Crippen molar-refractivity contribution in [3.05, 3.63) is 77.4 Å². The number of allylic oxidation sites excluding steroid dienone is 1. The first-order valence-electron chi connectivity index (χ1n) is 8.28. The van der Waals surface area contributed by atoms with E-state index in [-0.39, 0.29) is 11.6 Å². The molecule has 0 fully saturated rings. The number of aromatic nitrogens is 2. The Bertz CT molecular complexity index is 969. The third-order valence-electron chi connectivity index (χ3n) is 4.15. The predicted octanol–water partition coefficient (Wildman–Crippen LogP) is 4.23. The third kappa shape index (κ3) is 4.06. The molecule has 5 nitrogen and oxygen atoms in total. The van der Waals surface area contributed by atoms with Crippen LogP contribution in [0.3, 0.4) is 0 Å². The maximum absolute atomic E-state index is 13.1. The standard InChI is InChI=1S/C21H19FN2O3/c1-14-20(13-23-24(14)17-7-5-16(22)6-8-17)21(25)9-4-15-10-18(26-2)12-19(11-15)27-3/h4-13H,1-3H3/b9-4+. The molecule has 0 aliphatic carbocycles. The number of nitrogens with zero attached hydrogens (tertiary/aromatic N) is 2. The summed E-state index contributed by atoms with van der Waals surface area (Å²) in [5.41, 5.74) is 2.63. The molecule has 0 radical (unpaired) electrons. The van der Waals surface area contributed by atoms with Gasteiger partial charge in [-0.05, 0) is 55.0 Å². The Morgan fingerprint density at radius 1 is 1.07 bits per heavy atom. The van der Waals surface area contributed by atoms with Crippen LogP contribution >= 0.6 is 0 Å². The number of hydrogen-bond acceptors (Lipinski definition) is 4. The molecule has 0 aliphatic rings. The maximum Gasteiger partial charge on any atom is 0.189 e. The number of benzene rings is 2. The molecule has 27 heavy (non-hydrogen) atoms. The van der Waals surface area contributed by atoms with Gasteiger partial charge in [-0.2, -0.15) is 5.10 Å². The van der Waals surface area contributed by atoms with Crippen LogP contribution in [0.5, 0.6) is 11.5 Å². The Hall–Kier alpha value is -3.41. The number of hydrogen-bond donors (Lipinski definition) is 0. The summed E-state index contributed by atoms with van der Waals surface area (Å²) in [6.45, 7) is 1.80. The molecular weight excluding hydrogens is 347 g/mol. The van der Waals surface area contributed by atoms with Crippen molar-refractivity contribution in [3.63, 3.8) is 0 Å². The van der Waals surface area contributed by atoms with Gasteiger partial charge in [0.15, 0.2) is 5.78 Å². The normalized spacial score (nSPS) is 11.0. The van der Waals surface area contributed by atoms with E-state index in [1.54, 1.807) is 62.2 Å². The molecule has 0 amide bonds. The molecule has 2 aromatic carbocycles. The van der Waals surface area contributed by atoms with Gasteiger partial charge in [0.05, 0.1) is 37.4 Å². The lowest BCUT2D eigenvalue weighted by atomic mass is 10.1. The fourth-order valence-electron chi connectivity index (χ4n) is 2.68. The van der Waals surface area contributed by atoms with E-state index in [2.05, 4.69) is 5.10 Å². The van der Waals surface area contributed by atoms with Crippen LogP contribution in [0.2, 0.25) is 0 Å². The summed E-state index contributed by atoms with van der Waals surface area (Å²) in [6, 6.07) is 11.3. The van der Waals surface area contributed by atoms with Gasteiger partial charge in [0.1, 0.15) is 17.3 Å². The molecule has 0 spiro atoms. The first-order valence-corrected chi connectivity index (χ1v) is 8.28. The van der Waals surface area contributed by atoms with Gasteiger partial charge in [-0.25, -0.2) is 9.07 Å². The van der Waals surface area contributed by atoms with Crippen LogP contribution in [-0.2, 0) is 0 Å². The molecule has 0 bridgehead atoms. The summed E-state index contributed by atoms with van der Waals surface area (Å²) in [5.74, 6) is 0.780. The Kier molecular flexibility index (Phi) is 5.35. The van der Waals surface area contributed by atoms with Crippen LogP contribution in [0.4, 0.5) is 4.39 Å². The number of rotatable bonds is 6. The monoisotopic (exact) mass is 366 g/mol. The van der Waals surface area contributed by atoms with Crippen molar-refractivity contribution < 1.29 is 18.7 Å². The summed E-state index contributed by atoms with van der Waals surface area (Å²) in [7, 11) is 3.14. The first-order chi connectivity index (χ1) is 13.0. The van der Waals surface area contributed by atoms with E-state index in [0.717, 1.165) is 5.56 Å². The quantitative estimate of drug-likeness (QED) is 0.484. The molecular formula is C21H19FN2O3. The number of ether oxygens (including phenoxy) is 2. The lowest BCUT2D eigenvalue weighted by Crippen LogP contribution is -2.01. The summed E-state index contributed by atoms with van der Waals surface area (Å²) in [5, 5.41) is 4.25. The zero-order valence-corrected chi connectivity index (χ0v) is 15.3. The summed E-state index contributed by atoms with van der Waals surface area (Å²) in [4.78, 5) is 12.6.